The average molecular weight is 420 g/mol. The molecule has 0 saturated carbocycles. The van der Waals surface area contributed by atoms with Crippen LogP contribution in [0.2, 0.25) is 5.15 Å². The van der Waals surface area contributed by atoms with Gasteiger partial charge in [0.15, 0.2) is 17.1 Å². The van der Waals surface area contributed by atoms with Crippen molar-refractivity contribution in [3.8, 4) is 0 Å². The van der Waals surface area contributed by atoms with E-state index in [1.54, 1.807) is 16.8 Å². The minimum Gasteiger partial charge on any atom is -0.324 e. The summed E-state index contributed by atoms with van der Waals surface area (Å²) in [6.07, 6.45) is 0.666. The Labute approximate surface area is 169 Å². The number of nitrogens with one attached hydrogen (secondary N) is 1. The molecule has 1 amide bonds. The van der Waals surface area contributed by atoms with Crippen molar-refractivity contribution in [2.24, 2.45) is 0 Å². The Morgan fingerprint density at radius 3 is 2.79 bits per heavy atom. The summed E-state index contributed by atoms with van der Waals surface area (Å²) in [5.74, 6) is -0.933. The van der Waals surface area contributed by atoms with Gasteiger partial charge < -0.3 is 5.32 Å². The van der Waals surface area contributed by atoms with Crippen LogP contribution in [0.3, 0.4) is 0 Å². The lowest BCUT2D eigenvalue weighted by atomic mass is 9.88. The fraction of sp³-hybridized carbons (Fsp3) is 0.316. The molecule has 1 aliphatic rings. The molecule has 150 valence electrons. The van der Waals surface area contributed by atoms with Crippen LogP contribution in [0.5, 0.6) is 0 Å². The second-order valence-corrected chi connectivity index (χ2v) is 7.93. The summed E-state index contributed by atoms with van der Waals surface area (Å²) in [4.78, 5) is 31.9. The van der Waals surface area contributed by atoms with E-state index in [1.165, 1.54) is 6.20 Å². The number of fused-ring (bicyclic) bond motifs is 3. The number of hydrogen-bond donors (Lipinski definition) is 1. The number of nitrogens with zero attached hydrogens (tertiary/aromatic N) is 4. The second kappa shape index (κ2) is 6.84. The van der Waals surface area contributed by atoms with Crippen molar-refractivity contribution in [3.63, 3.8) is 0 Å². The maximum absolute atomic E-state index is 13.1. The number of aromatic nitrogens is 4. The molecule has 4 rings (SSSR count). The first-order chi connectivity index (χ1) is 13.7. The first-order valence-corrected chi connectivity index (χ1v) is 9.18. The molecule has 0 aliphatic heterocycles. The summed E-state index contributed by atoms with van der Waals surface area (Å²) in [6, 6.07) is 2.70. The zero-order valence-electron chi connectivity index (χ0n) is 15.5. The highest BCUT2D eigenvalue weighted by molar-refractivity contribution is 6.29. The van der Waals surface area contributed by atoms with Gasteiger partial charge in [0, 0.05) is 28.8 Å². The van der Waals surface area contributed by atoms with E-state index in [4.69, 9.17) is 11.6 Å². The second-order valence-electron chi connectivity index (χ2n) is 7.55. The maximum Gasteiger partial charge on any atom is 0.266 e. The van der Waals surface area contributed by atoms with Gasteiger partial charge in [0.1, 0.15) is 5.69 Å². The van der Waals surface area contributed by atoms with Gasteiger partial charge in [-0.15, -0.1) is 0 Å². The van der Waals surface area contributed by atoms with Gasteiger partial charge in [-0.3, -0.25) is 14.6 Å². The van der Waals surface area contributed by atoms with Crippen LogP contribution < -0.4 is 5.32 Å². The maximum atomic E-state index is 13.1. The number of aldehydes is 1. The highest BCUT2D eigenvalue weighted by Crippen LogP contribution is 2.46. The third-order valence-corrected chi connectivity index (χ3v) is 5.28. The highest BCUT2D eigenvalue weighted by atomic mass is 35.5. The number of alkyl halides is 2. The van der Waals surface area contributed by atoms with Crippen molar-refractivity contribution in [1.29, 1.82) is 0 Å². The Morgan fingerprint density at radius 1 is 1.34 bits per heavy atom. The van der Waals surface area contributed by atoms with E-state index in [-0.39, 0.29) is 29.0 Å². The van der Waals surface area contributed by atoms with Gasteiger partial charge in [0.25, 0.3) is 6.43 Å². The summed E-state index contributed by atoms with van der Waals surface area (Å²) >= 11 is 6.00. The summed E-state index contributed by atoms with van der Waals surface area (Å²) in [7, 11) is 0. The molecule has 3 aromatic rings. The van der Waals surface area contributed by atoms with Crippen LogP contribution in [-0.4, -0.2) is 31.8 Å². The molecule has 3 aromatic heterocycles. The van der Waals surface area contributed by atoms with Gasteiger partial charge in [0.05, 0.1) is 23.5 Å². The van der Waals surface area contributed by atoms with Gasteiger partial charge in [-0.25, -0.2) is 18.3 Å². The third kappa shape index (κ3) is 3.25. The van der Waals surface area contributed by atoms with Crippen molar-refractivity contribution in [1.82, 2.24) is 19.6 Å². The molecular formula is C19H16ClF2N5O2. The fourth-order valence-corrected chi connectivity index (χ4v) is 4.04. The zero-order valence-corrected chi connectivity index (χ0v) is 16.2. The van der Waals surface area contributed by atoms with Crippen molar-refractivity contribution >= 4 is 35.1 Å². The molecular weight excluding hydrogens is 404 g/mol. The van der Waals surface area contributed by atoms with Gasteiger partial charge in [0.2, 0.25) is 5.91 Å². The van der Waals surface area contributed by atoms with Crippen LogP contribution in [0.4, 0.5) is 14.5 Å². The minimum atomic E-state index is -2.88. The molecule has 0 saturated heterocycles. The van der Waals surface area contributed by atoms with E-state index >= 15 is 0 Å². The summed E-state index contributed by atoms with van der Waals surface area (Å²) in [6.45, 7) is 3.98. The molecule has 29 heavy (non-hydrogen) atoms. The van der Waals surface area contributed by atoms with Gasteiger partial charge >= 0.3 is 0 Å². The topological polar surface area (TPSA) is 89.2 Å². The summed E-state index contributed by atoms with van der Waals surface area (Å²) in [5.41, 5.74) is 0.939. The van der Waals surface area contributed by atoms with Gasteiger partial charge in [-0.1, -0.05) is 25.4 Å². The van der Waals surface area contributed by atoms with Crippen LogP contribution in [-0.2, 0) is 10.2 Å². The zero-order chi connectivity index (χ0) is 20.9. The van der Waals surface area contributed by atoms with Crippen molar-refractivity contribution < 1.29 is 18.4 Å². The number of anilines is 1. The van der Waals surface area contributed by atoms with Crippen molar-refractivity contribution in [3.05, 3.63) is 52.2 Å². The predicted molar refractivity (Wildman–Crippen MR) is 102 cm³/mol. The third-order valence-electron chi connectivity index (χ3n) is 5.09. The molecule has 0 radical (unpaired) electrons. The lowest BCUT2D eigenvalue weighted by Gasteiger charge is -2.19. The Balaban J connectivity index is 1.69. The number of carbonyl (C=O) groups is 2. The number of carbonyl (C=O) groups excluding carboxylic acids is 2. The number of pyridine rings is 1. The SMILES string of the molecule is CC1(C)CC(C(=O)Nc2cnc(C=O)c(C(F)F)c2)c2cnc3cc(Cl)nn3c21. The molecule has 10 heteroatoms. The van der Waals surface area contributed by atoms with Crippen molar-refractivity contribution in [2.45, 2.75) is 38.0 Å². The lowest BCUT2D eigenvalue weighted by molar-refractivity contribution is -0.117. The number of hydrogen-bond acceptors (Lipinski definition) is 5. The van der Waals surface area contributed by atoms with Crippen LogP contribution in [0, 0.1) is 0 Å². The molecule has 1 N–H and O–H groups in total. The van der Waals surface area contributed by atoms with E-state index in [9.17, 15) is 18.4 Å². The van der Waals surface area contributed by atoms with Gasteiger partial charge in [-0.2, -0.15) is 5.10 Å². The predicted octanol–water partition coefficient (Wildman–Crippen LogP) is 3.93. The van der Waals surface area contributed by atoms with E-state index in [1.807, 2.05) is 13.8 Å². The van der Waals surface area contributed by atoms with E-state index in [0.717, 1.165) is 11.8 Å². The molecule has 0 aromatic carbocycles. The average Bonchev–Trinajstić information content (AvgIpc) is 3.17. The Bertz CT molecular complexity index is 1150. The first-order valence-electron chi connectivity index (χ1n) is 8.80. The summed E-state index contributed by atoms with van der Waals surface area (Å²) < 4.78 is 27.9. The molecule has 7 nitrogen and oxygen atoms in total. The first kappa shape index (κ1) is 19.4. The smallest absolute Gasteiger partial charge is 0.266 e. The molecule has 1 atom stereocenters. The largest absolute Gasteiger partial charge is 0.324 e. The minimum absolute atomic E-state index is 0.0957. The standard InChI is InChI=1S/C19H16ClF2N5O2/c1-19(2)5-11(12-7-24-15-4-14(20)26-27(15)16(12)19)18(29)25-9-3-10(17(21)22)13(8-28)23-6-9/h3-4,6-8,11,17H,5H2,1-2H3,(H,25,29). The molecule has 3 heterocycles. The molecule has 0 bridgehead atoms. The number of halogens is 3. The molecule has 0 spiro atoms. The fourth-order valence-electron chi connectivity index (χ4n) is 3.87. The quantitative estimate of drug-likeness (QED) is 0.647. The highest BCUT2D eigenvalue weighted by Gasteiger charge is 2.43. The molecule has 1 aliphatic carbocycles. The van der Waals surface area contributed by atoms with Crippen LogP contribution in [0.1, 0.15) is 59.9 Å². The van der Waals surface area contributed by atoms with Crippen LogP contribution in [0.25, 0.3) is 5.65 Å². The van der Waals surface area contributed by atoms with E-state index in [0.29, 0.717) is 22.8 Å². The van der Waals surface area contributed by atoms with E-state index < -0.39 is 17.9 Å². The number of amides is 1. The van der Waals surface area contributed by atoms with Gasteiger partial charge in [-0.05, 0) is 12.5 Å². The monoisotopic (exact) mass is 419 g/mol. The Hall–Kier alpha value is -2.94. The lowest BCUT2D eigenvalue weighted by Crippen LogP contribution is -2.22. The van der Waals surface area contributed by atoms with Crippen molar-refractivity contribution in [2.75, 3.05) is 5.32 Å². The van der Waals surface area contributed by atoms with E-state index in [2.05, 4.69) is 20.4 Å². The number of rotatable bonds is 4. The van der Waals surface area contributed by atoms with Crippen LogP contribution >= 0.6 is 11.6 Å². The molecule has 0 fully saturated rings. The summed E-state index contributed by atoms with van der Waals surface area (Å²) in [5, 5.41) is 7.20. The Kier molecular flexibility index (Phi) is 4.57. The van der Waals surface area contributed by atoms with Crippen LogP contribution in [0.15, 0.2) is 24.5 Å². The Morgan fingerprint density at radius 2 is 2.10 bits per heavy atom. The normalized spacial score (nSPS) is 17.5. The molecule has 1 unspecified atom stereocenters.